The summed E-state index contributed by atoms with van der Waals surface area (Å²) in [7, 11) is 0. The van der Waals surface area contributed by atoms with Gasteiger partial charge >= 0.3 is 0 Å². The van der Waals surface area contributed by atoms with E-state index in [1.54, 1.807) is 18.3 Å². The summed E-state index contributed by atoms with van der Waals surface area (Å²) in [4.78, 5) is 12.8. The number of ketones is 1. The van der Waals surface area contributed by atoms with E-state index in [0.29, 0.717) is 23.2 Å². The average molecular weight is 432 g/mol. The maximum absolute atomic E-state index is 12.8. The van der Waals surface area contributed by atoms with Crippen LogP contribution in [-0.2, 0) is 6.42 Å². The molecule has 0 spiro atoms. The fourth-order valence-corrected chi connectivity index (χ4v) is 3.52. The van der Waals surface area contributed by atoms with Crippen LogP contribution in [-0.4, -0.2) is 16.7 Å². The maximum Gasteiger partial charge on any atom is 0.219 e. The van der Waals surface area contributed by atoms with E-state index in [1.807, 2.05) is 96.1 Å². The molecule has 1 aliphatic heterocycles. The molecule has 1 aliphatic rings. The molecule has 0 amide bonds. The van der Waals surface area contributed by atoms with Crippen molar-refractivity contribution in [1.82, 2.24) is 0 Å². The first-order valence-corrected chi connectivity index (χ1v) is 11.8. The third kappa shape index (κ3) is 6.91. The lowest BCUT2D eigenvalue weighted by molar-refractivity contribution is -0.359. The zero-order chi connectivity index (χ0) is 23.9. The van der Waals surface area contributed by atoms with Gasteiger partial charge in [-0.2, -0.15) is 4.74 Å². The molecule has 0 fully saturated rings. The molecule has 0 N–H and O–H groups in total. The molecule has 0 radical (unpaired) electrons. The normalized spacial score (nSPS) is 13.4. The van der Waals surface area contributed by atoms with Gasteiger partial charge in [-0.1, -0.05) is 102 Å². The number of hydrogen-bond acceptors (Lipinski definition) is 2. The minimum absolute atomic E-state index is 0.0149. The monoisotopic (exact) mass is 431 g/mol. The first-order chi connectivity index (χ1) is 15.7. The molecule has 32 heavy (non-hydrogen) atoms. The van der Waals surface area contributed by atoms with Crippen LogP contribution in [0, 0.1) is 5.21 Å². The third-order valence-corrected chi connectivity index (χ3v) is 4.88. The van der Waals surface area contributed by atoms with Gasteiger partial charge in [0.05, 0.1) is 0 Å². The van der Waals surface area contributed by atoms with E-state index < -0.39 is 0 Å². The minimum Gasteiger partial charge on any atom is -0.619 e. The van der Waals surface area contributed by atoms with Crippen molar-refractivity contribution in [1.29, 1.82) is 0 Å². The molecule has 0 bridgehead atoms. The van der Waals surface area contributed by atoms with Crippen molar-refractivity contribution in [3.63, 3.8) is 0 Å². The van der Waals surface area contributed by atoms with Crippen molar-refractivity contribution in [3.8, 4) is 0 Å². The molecule has 1 atom stereocenters. The Morgan fingerprint density at radius 3 is 1.97 bits per heavy atom. The number of nitrogens with zero attached hydrogens (tertiary/aromatic N) is 1. The molecule has 3 aromatic carbocycles. The average Bonchev–Trinajstić information content (AvgIpc) is 2.90. The van der Waals surface area contributed by atoms with Gasteiger partial charge in [-0.25, -0.2) is 0 Å². The van der Waals surface area contributed by atoms with Crippen LogP contribution in [0.1, 0.15) is 80.9 Å². The maximum atomic E-state index is 12.8. The number of carbonyl (C=O) groups excluding carboxylic acids is 1. The Kier molecular flexibility index (Phi) is 12.4. The second-order valence-electron chi connectivity index (χ2n) is 6.60. The molecule has 0 aliphatic carbocycles. The van der Waals surface area contributed by atoms with E-state index in [9.17, 15) is 10.0 Å². The SMILES string of the molecule is CC.CC.CC.O=C(c1ccccc1)c1ccc2c(c1)C(Cc1ccccc1)CC=[N+]2[O-]. The lowest BCUT2D eigenvalue weighted by atomic mass is 9.85. The van der Waals surface area contributed by atoms with Gasteiger partial charge in [0.25, 0.3) is 0 Å². The Morgan fingerprint density at radius 2 is 1.38 bits per heavy atom. The summed E-state index contributed by atoms with van der Waals surface area (Å²) >= 11 is 0. The van der Waals surface area contributed by atoms with E-state index in [1.165, 1.54) is 5.56 Å². The van der Waals surface area contributed by atoms with Gasteiger partial charge in [0.15, 0.2) is 12.0 Å². The highest BCUT2D eigenvalue weighted by molar-refractivity contribution is 6.09. The highest BCUT2D eigenvalue weighted by Gasteiger charge is 2.26. The van der Waals surface area contributed by atoms with Crippen LogP contribution in [0.2, 0.25) is 0 Å². The van der Waals surface area contributed by atoms with E-state index >= 15 is 0 Å². The largest absolute Gasteiger partial charge is 0.619 e. The van der Waals surface area contributed by atoms with Crippen LogP contribution >= 0.6 is 0 Å². The summed E-state index contributed by atoms with van der Waals surface area (Å²) in [6.07, 6.45) is 3.21. The summed E-state index contributed by atoms with van der Waals surface area (Å²) in [5.74, 6) is 0.181. The van der Waals surface area contributed by atoms with Gasteiger partial charge in [0.2, 0.25) is 5.69 Å². The van der Waals surface area contributed by atoms with Crippen LogP contribution in [0.25, 0.3) is 0 Å². The van der Waals surface area contributed by atoms with E-state index in [2.05, 4.69) is 12.1 Å². The summed E-state index contributed by atoms with van der Waals surface area (Å²) < 4.78 is 0.924. The molecule has 1 heterocycles. The molecule has 170 valence electrons. The molecule has 3 nitrogen and oxygen atoms in total. The molecular weight excluding hydrogens is 394 g/mol. The van der Waals surface area contributed by atoms with Crippen molar-refractivity contribution in [3.05, 3.63) is 106 Å². The second-order valence-corrected chi connectivity index (χ2v) is 6.60. The number of hydrogen-bond donors (Lipinski definition) is 0. The Bertz CT molecular complexity index is 963. The minimum atomic E-state index is -0.0149. The predicted octanol–water partition coefficient (Wildman–Crippen LogP) is 7.94. The van der Waals surface area contributed by atoms with Gasteiger partial charge in [0.1, 0.15) is 0 Å². The lowest BCUT2D eigenvalue weighted by Crippen LogP contribution is -2.16. The number of benzene rings is 3. The van der Waals surface area contributed by atoms with Crippen LogP contribution in [0.4, 0.5) is 5.69 Å². The summed E-state index contributed by atoms with van der Waals surface area (Å²) in [6, 6.07) is 24.9. The van der Waals surface area contributed by atoms with Gasteiger partial charge in [0, 0.05) is 35.1 Å². The van der Waals surface area contributed by atoms with Crippen LogP contribution < -0.4 is 0 Å². The fourth-order valence-electron chi connectivity index (χ4n) is 3.52. The Balaban J connectivity index is 0.000000789. The van der Waals surface area contributed by atoms with Gasteiger partial charge in [-0.15, -0.1) is 0 Å². The first-order valence-electron chi connectivity index (χ1n) is 11.8. The quantitative estimate of drug-likeness (QED) is 0.239. The molecular formula is C29H37NO2. The van der Waals surface area contributed by atoms with Crippen LogP contribution in [0.3, 0.4) is 0 Å². The zero-order valence-electron chi connectivity index (χ0n) is 20.3. The first kappa shape index (κ1) is 26.8. The van der Waals surface area contributed by atoms with E-state index in [4.69, 9.17) is 0 Å². The number of fused-ring (bicyclic) bond motifs is 1. The van der Waals surface area contributed by atoms with Crippen LogP contribution in [0.5, 0.6) is 0 Å². The third-order valence-electron chi connectivity index (χ3n) is 4.88. The highest BCUT2D eigenvalue weighted by atomic mass is 16.5. The van der Waals surface area contributed by atoms with E-state index in [-0.39, 0.29) is 11.7 Å². The molecule has 3 heteroatoms. The van der Waals surface area contributed by atoms with Crippen LogP contribution in [0.15, 0.2) is 78.9 Å². The van der Waals surface area contributed by atoms with Crippen molar-refractivity contribution < 1.29 is 9.53 Å². The number of rotatable bonds is 4. The lowest BCUT2D eigenvalue weighted by Gasteiger charge is -2.22. The smallest absolute Gasteiger partial charge is 0.219 e. The molecule has 0 saturated heterocycles. The van der Waals surface area contributed by atoms with E-state index in [0.717, 1.165) is 16.7 Å². The number of carbonyl (C=O) groups is 1. The molecule has 3 aromatic rings. The molecule has 1 unspecified atom stereocenters. The van der Waals surface area contributed by atoms with Gasteiger partial charge in [-0.05, 0) is 24.1 Å². The topological polar surface area (TPSA) is 43.1 Å². The molecule has 4 rings (SSSR count). The second kappa shape index (κ2) is 14.7. The van der Waals surface area contributed by atoms with Crippen molar-refractivity contribution in [2.45, 2.75) is 60.3 Å². The summed E-state index contributed by atoms with van der Waals surface area (Å²) in [6.45, 7) is 12.0. The Morgan fingerprint density at radius 1 is 0.812 bits per heavy atom. The molecule has 0 saturated carbocycles. The predicted molar refractivity (Wildman–Crippen MR) is 137 cm³/mol. The fraction of sp³-hybridized carbons (Fsp3) is 0.310. The molecule has 0 aromatic heterocycles. The standard InChI is InChI=1S/C23H19NO2.3C2H6/c25-23(18-9-5-2-6-10-18)20-11-12-22-21(16-20)19(13-14-24(22)26)15-17-7-3-1-4-8-17;3*1-2/h1-12,14,16,19H,13,15H2;3*1-2H3. The Hall–Kier alpha value is -3.20. The van der Waals surface area contributed by atoms with Gasteiger partial charge < -0.3 is 5.21 Å². The van der Waals surface area contributed by atoms with Crippen molar-refractivity contribution in [2.24, 2.45) is 0 Å². The van der Waals surface area contributed by atoms with Gasteiger partial charge in [-0.3, -0.25) is 4.79 Å². The highest BCUT2D eigenvalue weighted by Crippen LogP contribution is 2.35. The Labute approximate surface area is 194 Å². The summed E-state index contributed by atoms with van der Waals surface area (Å²) in [5, 5.41) is 12.2. The van der Waals surface area contributed by atoms with Crippen molar-refractivity contribution in [2.75, 3.05) is 0 Å². The summed E-state index contributed by atoms with van der Waals surface area (Å²) in [5.41, 5.74) is 4.11. The van der Waals surface area contributed by atoms with Crippen molar-refractivity contribution >= 4 is 17.7 Å². The zero-order valence-corrected chi connectivity index (χ0v) is 20.3.